The van der Waals surface area contributed by atoms with Crippen LogP contribution in [-0.4, -0.2) is 33.3 Å². The molecular weight excluding hydrogens is 234 g/mol. The molecule has 0 aliphatic rings. The van der Waals surface area contributed by atoms with Crippen LogP contribution in [0.2, 0.25) is 0 Å². The monoisotopic (exact) mass is 251 g/mol. The van der Waals surface area contributed by atoms with Gasteiger partial charge in [0.15, 0.2) is 0 Å². The molecule has 0 aliphatic heterocycles. The summed E-state index contributed by atoms with van der Waals surface area (Å²) in [6, 6.07) is 1.87. The molecule has 1 aromatic rings. The number of nitrogens with one attached hydrogen (secondary N) is 1. The van der Waals surface area contributed by atoms with E-state index in [4.69, 9.17) is 5.11 Å². The van der Waals surface area contributed by atoms with Gasteiger partial charge in [0.1, 0.15) is 0 Å². The lowest BCUT2D eigenvalue weighted by atomic mass is 10.1. The summed E-state index contributed by atoms with van der Waals surface area (Å²) < 4.78 is 1.69. The van der Waals surface area contributed by atoms with Gasteiger partial charge in [-0.25, -0.2) is 4.79 Å². The van der Waals surface area contributed by atoms with Crippen LogP contribution in [0.4, 0.5) is 0 Å². The molecule has 0 radical (unpaired) electrons. The topological polar surface area (TPSA) is 84.2 Å². The van der Waals surface area contributed by atoms with Gasteiger partial charge in [0, 0.05) is 37.4 Å². The number of carbonyl (C=O) groups excluding carboxylic acids is 1. The summed E-state index contributed by atoms with van der Waals surface area (Å²) >= 11 is 0. The standard InChI is InChI=1S/C12H17N3O3/c1-8(9(2)12(17)18)11(16)13-6-4-10-5-7-15(3)14-10/h5,7H,4,6H2,1-3H3,(H,13,16)(H,17,18)/b9-8+. The molecule has 1 heterocycles. The van der Waals surface area contributed by atoms with Gasteiger partial charge in [-0.1, -0.05) is 0 Å². The highest BCUT2D eigenvalue weighted by molar-refractivity contribution is 6.01. The van der Waals surface area contributed by atoms with E-state index in [9.17, 15) is 9.59 Å². The molecule has 1 aromatic heterocycles. The maximum atomic E-state index is 11.6. The first-order chi connectivity index (χ1) is 8.41. The number of aryl methyl sites for hydroxylation is 1. The number of hydrogen-bond acceptors (Lipinski definition) is 3. The average Bonchev–Trinajstić information content (AvgIpc) is 2.72. The van der Waals surface area contributed by atoms with E-state index in [1.54, 1.807) is 4.68 Å². The maximum Gasteiger partial charge on any atom is 0.331 e. The van der Waals surface area contributed by atoms with Gasteiger partial charge in [0.05, 0.1) is 5.69 Å². The first-order valence-electron chi connectivity index (χ1n) is 5.59. The Morgan fingerprint density at radius 3 is 2.56 bits per heavy atom. The van der Waals surface area contributed by atoms with Crippen LogP contribution >= 0.6 is 0 Å². The number of nitrogens with zero attached hydrogens (tertiary/aromatic N) is 2. The minimum Gasteiger partial charge on any atom is -0.478 e. The summed E-state index contributed by atoms with van der Waals surface area (Å²) in [7, 11) is 1.82. The van der Waals surface area contributed by atoms with Crippen molar-refractivity contribution in [1.82, 2.24) is 15.1 Å². The SMILES string of the molecule is C/C(C(=O)O)=C(/C)C(=O)NCCc1ccn(C)n1. The molecule has 0 fully saturated rings. The Morgan fingerprint density at radius 2 is 2.06 bits per heavy atom. The lowest BCUT2D eigenvalue weighted by Crippen LogP contribution is -2.27. The van der Waals surface area contributed by atoms with Gasteiger partial charge in [0.25, 0.3) is 0 Å². The van der Waals surface area contributed by atoms with Crippen LogP contribution < -0.4 is 5.32 Å². The number of carboxylic acids is 1. The molecule has 0 aliphatic carbocycles. The highest BCUT2D eigenvalue weighted by Crippen LogP contribution is 2.03. The molecule has 6 heteroatoms. The Hall–Kier alpha value is -2.11. The predicted octanol–water partition coefficient (Wildman–Crippen LogP) is 0.500. The third-order valence-electron chi connectivity index (χ3n) is 2.66. The molecule has 98 valence electrons. The fourth-order valence-corrected chi connectivity index (χ4v) is 1.36. The second-order valence-electron chi connectivity index (χ2n) is 4.04. The second kappa shape index (κ2) is 6.00. The highest BCUT2D eigenvalue weighted by atomic mass is 16.4. The van der Waals surface area contributed by atoms with Crippen LogP contribution in [0.15, 0.2) is 23.4 Å². The summed E-state index contributed by atoms with van der Waals surface area (Å²) in [6.07, 6.45) is 2.45. The predicted molar refractivity (Wildman–Crippen MR) is 65.9 cm³/mol. The number of aromatic nitrogens is 2. The van der Waals surface area contributed by atoms with E-state index >= 15 is 0 Å². The summed E-state index contributed by atoms with van der Waals surface area (Å²) in [4.78, 5) is 22.3. The highest BCUT2D eigenvalue weighted by Gasteiger charge is 2.12. The average molecular weight is 251 g/mol. The zero-order chi connectivity index (χ0) is 13.7. The van der Waals surface area contributed by atoms with Crippen LogP contribution in [0.25, 0.3) is 0 Å². The third-order valence-corrected chi connectivity index (χ3v) is 2.66. The maximum absolute atomic E-state index is 11.6. The van der Waals surface area contributed by atoms with Crippen molar-refractivity contribution in [2.24, 2.45) is 7.05 Å². The molecule has 0 aromatic carbocycles. The number of aliphatic carboxylic acids is 1. The number of amides is 1. The van der Waals surface area contributed by atoms with Gasteiger partial charge in [-0.2, -0.15) is 5.10 Å². The minimum absolute atomic E-state index is 0.0605. The van der Waals surface area contributed by atoms with Crippen molar-refractivity contribution in [2.75, 3.05) is 6.54 Å². The van der Waals surface area contributed by atoms with Crippen molar-refractivity contribution < 1.29 is 14.7 Å². The van der Waals surface area contributed by atoms with Gasteiger partial charge in [0.2, 0.25) is 5.91 Å². The number of carboxylic acid groups (broad SMARTS) is 1. The van der Waals surface area contributed by atoms with Gasteiger partial charge in [-0.05, 0) is 19.9 Å². The molecule has 1 amide bonds. The van der Waals surface area contributed by atoms with Crippen molar-refractivity contribution in [1.29, 1.82) is 0 Å². The van der Waals surface area contributed by atoms with Crippen LogP contribution in [0.1, 0.15) is 19.5 Å². The second-order valence-corrected chi connectivity index (χ2v) is 4.04. The van der Waals surface area contributed by atoms with Crippen molar-refractivity contribution >= 4 is 11.9 Å². The minimum atomic E-state index is -1.08. The zero-order valence-electron chi connectivity index (χ0n) is 10.7. The Morgan fingerprint density at radius 1 is 1.39 bits per heavy atom. The van der Waals surface area contributed by atoms with E-state index in [0.717, 1.165) is 5.69 Å². The number of rotatable bonds is 5. The Labute approximate surface area is 105 Å². The quantitative estimate of drug-likeness (QED) is 0.746. The third kappa shape index (κ3) is 3.73. The van der Waals surface area contributed by atoms with Gasteiger partial charge in [-0.15, -0.1) is 0 Å². The fraction of sp³-hybridized carbons (Fsp3) is 0.417. The van der Waals surface area contributed by atoms with Crippen LogP contribution in [0, 0.1) is 0 Å². The first-order valence-corrected chi connectivity index (χ1v) is 5.59. The Balaban J connectivity index is 2.47. The number of carbonyl (C=O) groups is 2. The molecule has 2 N–H and O–H groups in total. The Bertz CT molecular complexity index is 489. The summed E-state index contributed by atoms with van der Waals surface area (Å²) in [5, 5.41) is 15.6. The van der Waals surface area contributed by atoms with Crippen molar-refractivity contribution in [2.45, 2.75) is 20.3 Å². The van der Waals surface area contributed by atoms with E-state index in [2.05, 4.69) is 10.4 Å². The van der Waals surface area contributed by atoms with Gasteiger partial charge in [-0.3, -0.25) is 9.48 Å². The van der Waals surface area contributed by atoms with Gasteiger partial charge < -0.3 is 10.4 Å². The normalized spacial score (nSPS) is 11.9. The molecule has 0 saturated heterocycles. The molecule has 6 nitrogen and oxygen atoms in total. The van der Waals surface area contributed by atoms with Crippen LogP contribution in [-0.2, 0) is 23.1 Å². The van der Waals surface area contributed by atoms with E-state index in [-0.39, 0.29) is 17.1 Å². The zero-order valence-corrected chi connectivity index (χ0v) is 10.7. The van der Waals surface area contributed by atoms with E-state index in [0.29, 0.717) is 13.0 Å². The first kappa shape index (κ1) is 14.0. The molecule has 0 unspecified atom stereocenters. The number of hydrogen-bond donors (Lipinski definition) is 2. The summed E-state index contributed by atoms with van der Waals surface area (Å²) in [5.41, 5.74) is 1.17. The molecule has 0 atom stereocenters. The van der Waals surface area contributed by atoms with Crippen molar-refractivity contribution in [3.63, 3.8) is 0 Å². The lowest BCUT2D eigenvalue weighted by molar-refractivity contribution is -0.133. The van der Waals surface area contributed by atoms with Crippen molar-refractivity contribution in [3.8, 4) is 0 Å². The molecule has 0 spiro atoms. The summed E-state index contributed by atoms with van der Waals surface area (Å²) in [6.45, 7) is 3.34. The van der Waals surface area contributed by atoms with Crippen LogP contribution in [0.3, 0.4) is 0 Å². The molecule has 1 rings (SSSR count). The largest absolute Gasteiger partial charge is 0.478 e. The van der Waals surface area contributed by atoms with E-state index in [1.165, 1.54) is 13.8 Å². The molecule has 0 saturated carbocycles. The summed E-state index contributed by atoms with van der Waals surface area (Å²) in [5.74, 6) is -1.43. The Kier molecular flexibility index (Phi) is 4.65. The van der Waals surface area contributed by atoms with E-state index < -0.39 is 5.97 Å². The smallest absolute Gasteiger partial charge is 0.331 e. The lowest BCUT2D eigenvalue weighted by Gasteiger charge is -2.05. The van der Waals surface area contributed by atoms with Crippen LogP contribution in [0.5, 0.6) is 0 Å². The molecular formula is C12H17N3O3. The molecule has 18 heavy (non-hydrogen) atoms. The van der Waals surface area contributed by atoms with Crippen molar-refractivity contribution in [3.05, 3.63) is 29.1 Å². The van der Waals surface area contributed by atoms with Gasteiger partial charge >= 0.3 is 5.97 Å². The molecule has 0 bridgehead atoms. The van der Waals surface area contributed by atoms with E-state index in [1.807, 2.05) is 19.3 Å². The fourth-order valence-electron chi connectivity index (χ4n) is 1.36.